The van der Waals surface area contributed by atoms with Crippen molar-refractivity contribution >= 4 is 22.4 Å². The first kappa shape index (κ1) is 14.8. The van der Waals surface area contributed by atoms with E-state index in [-0.39, 0.29) is 11.5 Å². The Balaban J connectivity index is 1.96. The molecule has 0 unspecified atom stereocenters. The van der Waals surface area contributed by atoms with Crippen LogP contribution in [0.5, 0.6) is 5.75 Å². The van der Waals surface area contributed by atoms with Gasteiger partial charge in [-0.05, 0) is 42.5 Å². The molecule has 3 rings (SSSR count). The van der Waals surface area contributed by atoms with E-state index in [4.69, 9.17) is 4.74 Å². The number of amides is 1. The number of nitrogens with zero attached hydrogens (tertiary/aromatic N) is 1. The van der Waals surface area contributed by atoms with Gasteiger partial charge in [-0.3, -0.25) is 9.59 Å². The average molecular weight is 308 g/mol. The molecule has 0 aliphatic heterocycles. The molecule has 0 saturated carbocycles. The third kappa shape index (κ3) is 2.81. The first-order valence-electron chi connectivity index (χ1n) is 7.14. The van der Waals surface area contributed by atoms with Crippen LogP contribution in [0.1, 0.15) is 10.4 Å². The van der Waals surface area contributed by atoms with Crippen LogP contribution >= 0.6 is 0 Å². The van der Waals surface area contributed by atoms with Crippen LogP contribution in [0.3, 0.4) is 0 Å². The SMILES string of the molecule is COc1ccc(C(=O)Nc2cccc3c(=O)n(C)ccc23)cc1. The van der Waals surface area contributed by atoms with E-state index < -0.39 is 0 Å². The Bertz CT molecular complexity index is 927. The number of aryl methyl sites for hydroxylation is 1. The van der Waals surface area contributed by atoms with Gasteiger partial charge in [0.05, 0.1) is 7.11 Å². The highest BCUT2D eigenvalue weighted by Gasteiger charge is 2.10. The molecule has 1 aromatic heterocycles. The van der Waals surface area contributed by atoms with Gasteiger partial charge < -0.3 is 14.6 Å². The van der Waals surface area contributed by atoms with Gasteiger partial charge in [0, 0.05) is 35.3 Å². The standard InChI is InChI=1S/C18H16N2O3/c1-20-11-10-14-15(18(20)22)4-3-5-16(14)19-17(21)12-6-8-13(23-2)9-7-12/h3-11H,1-2H3,(H,19,21). The Morgan fingerprint density at radius 2 is 1.78 bits per heavy atom. The Hall–Kier alpha value is -3.08. The van der Waals surface area contributed by atoms with Crippen molar-refractivity contribution in [2.75, 3.05) is 12.4 Å². The highest BCUT2D eigenvalue weighted by atomic mass is 16.5. The zero-order chi connectivity index (χ0) is 16.4. The van der Waals surface area contributed by atoms with Crippen LogP contribution in [0.15, 0.2) is 59.5 Å². The number of benzene rings is 2. The fraction of sp³-hybridized carbons (Fsp3) is 0.111. The second-order valence-corrected chi connectivity index (χ2v) is 5.18. The van der Waals surface area contributed by atoms with Crippen molar-refractivity contribution in [3.8, 4) is 5.75 Å². The van der Waals surface area contributed by atoms with Gasteiger partial charge in [0.15, 0.2) is 0 Å². The van der Waals surface area contributed by atoms with E-state index in [0.29, 0.717) is 22.4 Å². The van der Waals surface area contributed by atoms with Crippen molar-refractivity contribution in [2.24, 2.45) is 7.05 Å². The normalized spacial score (nSPS) is 10.5. The second kappa shape index (κ2) is 5.96. The quantitative estimate of drug-likeness (QED) is 0.809. The molecular weight excluding hydrogens is 292 g/mol. The molecule has 0 fully saturated rings. The maximum atomic E-state index is 12.4. The summed E-state index contributed by atoms with van der Waals surface area (Å²) in [6.45, 7) is 0. The van der Waals surface area contributed by atoms with Crippen LogP contribution in [-0.4, -0.2) is 17.6 Å². The van der Waals surface area contributed by atoms with E-state index in [1.807, 2.05) is 6.07 Å². The van der Waals surface area contributed by atoms with Crippen LogP contribution in [0.25, 0.3) is 10.8 Å². The molecule has 5 nitrogen and oxygen atoms in total. The Kier molecular flexibility index (Phi) is 3.85. The molecule has 0 atom stereocenters. The number of ether oxygens (including phenoxy) is 1. The number of nitrogens with one attached hydrogen (secondary N) is 1. The maximum Gasteiger partial charge on any atom is 0.258 e. The predicted octanol–water partition coefficient (Wildman–Crippen LogP) is 2.80. The molecule has 1 N–H and O–H groups in total. The van der Waals surface area contributed by atoms with Crippen molar-refractivity contribution in [1.29, 1.82) is 0 Å². The molecule has 116 valence electrons. The van der Waals surface area contributed by atoms with Crippen molar-refractivity contribution < 1.29 is 9.53 Å². The van der Waals surface area contributed by atoms with Crippen LogP contribution in [0.4, 0.5) is 5.69 Å². The first-order chi connectivity index (χ1) is 11.1. The predicted molar refractivity (Wildman–Crippen MR) is 90.1 cm³/mol. The summed E-state index contributed by atoms with van der Waals surface area (Å²) in [5, 5.41) is 4.15. The summed E-state index contributed by atoms with van der Waals surface area (Å²) in [7, 11) is 3.27. The zero-order valence-electron chi connectivity index (χ0n) is 12.9. The number of fused-ring (bicyclic) bond motifs is 1. The lowest BCUT2D eigenvalue weighted by Gasteiger charge is -2.10. The number of hydrogen-bond acceptors (Lipinski definition) is 3. The van der Waals surface area contributed by atoms with Crippen molar-refractivity contribution in [3.05, 3.63) is 70.6 Å². The smallest absolute Gasteiger partial charge is 0.258 e. The molecule has 23 heavy (non-hydrogen) atoms. The molecule has 3 aromatic rings. The van der Waals surface area contributed by atoms with Gasteiger partial charge >= 0.3 is 0 Å². The summed E-state index contributed by atoms with van der Waals surface area (Å²) in [6.07, 6.45) is 1.69. The molecule has 0 aliphatic rings. The van der Waals surface area contributed by atoms with Crippen LogP contribution in [0.2, 0.25) is 0 Å². The van der Waals surface area contributed by atoms with Crippen LogP contribution in [-0.2, 0) is 7.05 Å². The summed E-state index contributed by atoms with van der Waals surface area (Å²) in [6, 6.07) is 14.0. The minimum atomic E-state index is -0.235. The third-order valence-corrected chi connectivity index (χ3v) is 3.72. The van der Waals surface area contributed by atoms with Crippen LogP contribution < -0.4 is 15.6 Å². The molecular formula is C18H16N2O3. The number of methoxy groups -OCH3 is 1. The van der Waals surface area contributed by atoms with Gasteiger partial charge in [-0.25, -0.2) is 0 Å². The zero-order valence-corrected chi connectivity index (χ0v) is 12.9. The highest BCUT2D eigenvalue weighted by molar-refractivity contribution is 6.09. The van der Waals surface area contributed by atoms with E-state index in [2.05, 4.69) is 5.32 Å². The largest absolute Gasteiger partial charge is 0.497 e. The summed E-state index contributed by atoms with van der Waals surface area (Å²) in [5.74, 6) is 0.455. The summed E-state index contributed by atoms with van der Waals surface area (Å²) >= 11 is 0. The molecule has 0 aliphatic carbocycles. The number of carbonyl (C=O) groups is 1. The minimum absolute atomic E-state index is 0.0944. The molecule has 0 saturated heterocycles. The number of hydrogen-bond donors (Lipinski definition) is 1. The monoisotopic (exact) mass is 308 g/mol. The van der Waals surface area contributed by atoms with Gasteiger partial charge in [-0.2, -0.15) is 0 Å². The Morgan fingerprint density at radius 1 is 1.04 bits per heavy atom. The molecule has 0 spiro atoms. The van der Waals surface area contributed by atoms with Gasteiger partial charge in [0.2, 0.25) is 0 Å². The van der Waals surface area contributed by atoms with E-state index >= 15 is 0 Å². The van der Waals surface area contributed by atoms with Gasteiger partial charge in [0.25, 0.3) is 11.5 Å². The molecule has 0 bridgehead atoms. The topological polar surface area (TPSA) is 60.3 Å². The Morgan fingerprint density at radius 3 is 2.48 bits per heavy atom. The summed E-state index contributed by atoms with van der Waals surface area (Å²) < 4.78 is 6.59. The number of anilines is 1. The van der Waals surface area contributed by atoms with E-state index in [0.717, 1.165) is 5.39 Å². The van der Waals surface area contributed by atoms with Crippen molar-refractivity contribution in [1.82, 2.24) is 4.57 Å². The highest BCUT2D eigenvalue weighted by Crippen LogP contribution is 2.21. The van der Waals surface area contributed by atoms with Crippen molar-refractivity contribution in [3.63, 3.8) is 0 Å². The average Bonchev–Trinajstić information content (AvgIpc) is 2.58. The first-order valence-corrected chi connectivity index (χ1v) is 7.14. The number of rotatable bonds is 3. The van der Waals surface area contributed by atoms with E-state index in [9.17, 15) is 9.59 Å². The molecule has 1 heterocycles. The Labute approximate surface area is 133 Å². The van der Waals surface area contributed by atoms with Crippen molar-refractivity contribution in [2.45, 2.75) is 0 Å². The maximum absolute atomic E-state index is 12.4. The van der Waals surface area contributed by atoms with Gasteiger partial charge in [0.1, 0.15) is 5.75 Å². The number of carbonyl (C=O) groups excluding carboxylic acids is 1. The minimum Gasteiger partial charge on any atom is -0.497 e. The fourth-order valence-electron chi connectivity index (χ4n) is 2.42. The van der Waals surface area contributed by atoms with Gasteiger partial charge in [-0.15, -0.1) is 0 Å². The van der Waals surface area contributed by atoms with E-state index in [1.165, 1.54) is 4.57 Å². The molecule has 0 radical (unpaired) electrons. The van der Waals surface area contributed by atoms with Crippen LogP contribution in [0, 0.1) is 0 Å². The lowest BCUT2D eigenvalue weighted by Crippen LogP contribution is -2.17. The lowest BCUT2D eigenvalue weighted by molar-refractivity contribution is 0.102. The van der Waals surface area contributed by atoms with Gasteiger partial charge in [-0.1, -0.05) is 6.07 Å². The summed E-state index contributed by atoms with van der Waals surface area (Å²) in [5.41, 5.74) is 1.04. The molecule has 5 heteroatoms. The number of aromatic nitrogens is 1. The fourth-order valence-corrected chi connectivity index (χ4v) is 2.42. The van der Waals surface area contributed by atoms with E-state index in [1.54, 1.807) is 62.8 Å². The molecule has 2 aromatic carbocycles. The second-order valence-electron chi connectivity index (χ2n) is 5.18. The lowest BCUT2D eigenvalue weighted by atomic mass is 10.1. The third-order valence-electron chi connectivity index (χ3n) is 3.72. The molecule has 1 amide bonds. The number of pyridine rings is 1. The summed E-state index contributed by atoms with van der Waals surface area (Å²) in [4.78, 5) is 24.5.